The molecule has 1 rings (SSSR count). The molecule has 0 bridgehead atoms. The van der Waals surface area contributed by atoms with Gasteiger partial charge in [0.05, 0.1) is 11.4 Å². The maximum Gasteiger partial charge on any atom is 0.314 e. The molecule has 0 amide bonds. The van der Waals surface area contributed by atoms with Gasteiger partial charge < -0.3 is 4.74 Å². The van der Waals surface area contributed by atoms with E-state index < -0.39 is 21.3 Å². The lowest BCUT2D eigenvalue weighted by Gasteiger charge is -2.16. The van der Waals surface area contributed by atoms with Crippen LogP contribution in [0.1, 0.15) is 12.5 Å². The minimum atomic E-state index is -3.20. The van der Waals surface area contributed by atoms with Crippen molar-refractivity contribution in [2.45, 2.75) is 23.0 Å². The third-order valence-corrected chi connectivity index (χ3v) is 4.25. The number of hydrogen-bond donors (Lipinski definition) is 0. The zero-order chi connectivity index (χ0) is 13.9. The lowest BCUT2D eigenvalue weighted by Crippen LogP contribution is -2.23. The van der Waals surface area contributed by atoms with E-state index in [1.54, 1.807) is 6.92 Å². The molecule has 1 atom stereocenters. The number of ether oxygens (including phenoxy) is 1. The average molecular weight is 394 g/mol. The van der Waals surface area contributed by atoms with Gasteiger partial charge in [-0.05, 0) is 40.9 Å². The third-order valence-electron chi connectivity index (χ3n) is 2.18. The second-order valence-electron chi connectivity index (χ2n) is 3.50. The Morgan fingerprint density at radius 2 is 1.89 bits per heavy atom. The predicted molar refractivity (Wildman–Crippen MR) is 67.8 cm³/mol. The molecule has 0 aliphatic carbocycles. The molecule has 0 saturated carbocycles. The predicted octanol–water partition coefficient (Wildman–Crippen LogP) is 4.66. The topological polar surface area (TPSA) is 9.23 Å². The van der Waals surface area contributed by atoms with E-state index in [1.165, 1.54) is 12.1 Å². The van der Waals surface area contributed by atoms with Crippen molar-refractivity contribution < 1.29 is 22.3 Å². The summed E-state index contributed by atoms with van der Waals surface area (Å²) in [5.41, 5.74) is -0.142. The van der Waals surface area contributed by atoms with Gasteiger partial charge >= 0.3 is 4.83 Å². The van der Waals surface area contributed by atoms with Gasteiger partial charge in [-0.3, -0.25) is 0 Å². The number of hydrogen-bond acceptors (Lipinski definition) is 1. The van der Waals surface area contributed by atoms with Gasteiger partial charge in [0.1, 0.15) is 0 Å². The van der Waals surface area contributed by atoms with Gasteiger partial charge in [0.15, 0.2) is 11.6 Å². The Hall–Kier alpha value is -0.300. The van der Waals surface area contributed by atoms with Crippen LogP contribution < -0.4 is 4.74 Å². The van der Waals surface area contributed by atoms with Crippen molar-refractivity contribution in [2.75, 3.05) is 6.61 Å². The summed E-state index contributed by atoms with van der Waals surface area (Å²) in [7, 11) is 0. The van der Waals surface area contributed by atoms with Crippen molar-refractivity contribution in [3.05, 3.63) is 29.3 Å². The van der Waals surface area contributed by atoms with Crippen molar-refractivity contribution in [1.29, 1.82) is 0 Å². The van der Waals surface area contributed by atoms with Crippen LogP contribution in [0.2, 0.25) is 0 Å². The summed E-state index contributed by atoms with van der Waals surface area (Å²) in [6.07, 6.45) is -0.354. The molecule has 0 aromatic heterocycles. The number of benzene rings is 1. The van der Waals surface area contributed by atoms with Crippen LogP contribution in [0.15, 0.2) is 12.1 Å². The molecule has 1 aromatic rings. The monoisotopic (exact) mass is 392 g/mol. The van der Waals surface area contributed by atoms with Crippen LogP contribution in [0.25, 0.3) is 0 Å². The highest BCUT2D eigenvalue weighted by Crippen LogP contribution is 2.34. The molecule has 0 aliphatic heterocycles. The molecule has 0 spiro atoms. The Morgan fingerprint density at radius 1 is 1.28 bits per heavy atom. The zero-order valence-corrected chi connectivity index (χ0v) is 12.5. The number of rotatable bonds is 5. The molecule has 1 nitrogen and oxygen atoms in total. The lowest BCUT2D eigenvalue weighted by atomic mass is 10.1. The number of halogens is 6. The van der Waals surface area contributed by atoms with E-state index in [2.05, 4.69) is 31.9 Å². The first-order chi connectivity index (χ1) is 8.27. The van der Waals surface area contributed by atoms with E-state index in [0.717, 1.165) is 0 Å². The molecule has 1 aromatic carbocycles. The first-order valence-corrected chi connectivity index (χ1v) is 6.78. The molecule has 0 fully saturated rings. The number of alkyl halides is 4. The molecule has 102 valence electrons. The average Bonchev–Trinajstić information content (AvgIpc) is 2.27. The van der Waals surface area contributed by atoms with E-state index in [-0.39, 0.29) is 24.3 Å². The molecule has 18 heavy (non-hydrogen) atoms. The molecular formula is C11H10Br2F4O. The van der Waals surface area contributed by atoms with Gasteiger partial charge in [0.2, 0.25) is 5.82 Å². The lowest BCUT2D eigenvalue weighted by molar-refractivity contribution is 0.113. The van der Waals surface area contributed by atoms with Gasteiger partial charge in [0, 0.05) is 0 Å². The van der Waals surface area contributed by atoms with Crippen LogP contribution in [-0.4, -0.2) is 16.3 Å². The smallest absolute Gasteiger partial charge is 0.314 e. The van der Waals surface area contributed by atoms with Gasteiger partial charge in [-0.15, -0.1) is 0 Å². The van der Waals surface area contributed by atoms with Crippen LogP contribution in [0, 0.1) is 11.6 Å². The summed E-state index contributed by atoms with van der Waals surface area (Å²) in [6.45, 7) is 1.82. The minimum absolute atomic E-state index is 0.142. The summed E-state index contributed by atoms with van der Waals surface area (Å²) in [5, 5.41) is 0. The van der Waals surface area contributed by atoms with Crippen LogP contribution in [0.4, 0.5) is 17.6 Å². The van der Waals surface area contributed by atoms with Crippen molar-refractivity contribution in [3.8, 4) is 5.75 Å². The quantitative estimate of drug-likeness (QED) is 0.522. The first kappa shape index (κ1) is 15.8. The van der Waals surface area contributed by atoms with Gasteiger partial charge in [0.25, 0.3) is 0 Å². The zero-order valence-electron chi connectivity index (χ0n) is 9.32. The molecule has 0 saturated heterocycles. The van der Waals surface area contributed by atoms with Gasteiger partial charge in [-0.25, -0.2) is 4.39 Å². The fourth-order valence-corrected chi connectivity index (χ4v) is 1.82. The Labute approximate surface area is 119 Å². The summed E-state index contributed by atoms with van der Waals surface area (Å²) in [4.78, 5) is -4.54. The second kappa shape index (κ2) is 6.23. The molecular weight excluding hydrogens is 384 g/mol. The molecule has 0 heterocycles. The molecule has 1 unspecified atom stereocenters. The standard InChI is InChI=1S/C11H10Br2F4O/c1-2-18-7-4-3-6(9(14)10(7)15)5-8(12)11(13,16)17/h3-4,8H,2,5H2,1H3. The van der Waals surface area contributed by atoms with Crippen molar-refractivity contribution in [1.82, 2.24) is 0 Å². The van der Waals surface area contributed by atoms with E-state index in [0.29, 0.717) is 0 Å². The first-order valence-electron chi connectivity index (χ1n) is 5.07. The minimum Gasteiger partial charge on any atom is -0.491 e. The van der Waals surface area contributed by atoms with E-state index in [9.17, 15) is 17.6 Å². The van der Waals surface area contributed by atoms with E-state index in [1.807, 2.05) is 0 Å². The summed E-state index contributed by atoms with van der Waals surface area (Å²) in [5.74, 6) is -2.55. The molecule has 7 heteroatoms. The van der Waals surface area contributed by atoms with Crippen LogP contribution in [0.5, 0.6) is 5.75 Å². The maximum atomic E-state index is 13.6. The van der Waals surface area contributed by atoms with Gasteiger partial charge in [-0.2, -0.15) is 13.2 Å². The Bertz CT molecular complexity index is 420. The normalized spacial score (nSPS) is 13.5. The molecule has 0 radical (unpaired) electrons. The highest BCUT2D eigenvalue weighted by molar-refractivity contribution is 9.12. The Morgan fingerprint density at radius 3 is 2.39 bits per heavy atom. The maximum absolute atomic E-state index is 13.6. The summed E-state index contributed by atoms with van der Waals surface area (Å²) >= 11 is 4.89. The van der Waals surface area contributed by atoms with Crippen molar-refractivity contribution in [2.24, 2.45) is 0 Å². The second-order valence-corrected chi connectivity index (χ2v) is 5.66. The Balaban J connectivity index is 2.95. The third kappa shape index (κ3) is 3.85. The molecule has 0 N–H and O–H groups in total. The van der Waals surface area contributed by atoms with Crippen LogP contribution in [0.3, 0.4) is 0 Å². The molecule has 0 aliphatic rings. The highest BCUT2D eigenvalue weighted by Gasteiger charge is 2.35. The summed E-state index contributed by atoms with van der Waals surface area (Å²) < 4.78 is 57.7. The Kier molecular flexibility index (Phi) is 5.46. The SMILES string of the molecule is CCOc1ccc(CC(Br)C(F)(F)Br)c(F)c1F. The largest absolute Gasteiger partial charge is 0.491 e. The van der Waals surface area contributed by atoms with Crippen molar-refractivity contribution in [3.63, 3.8) is 0 Å². The summed E-state index contributed by atoms with van der Waals surface area (Å²) in [6, 6.07) is 2.46. The van der Waals surface area contributed by atoms with E-state index >= 15 is 0 Å². The van der Waals surface area contributed by atoms with Gasteiger partial charge in [-0.1, -0.05) is 22.0 Å². The fourth-order valence-electron chi connectivity index (χ4n) is 1.31. The highest BCUT2D eigenvalue weighted by atomic mass is 79.9. The van der Waals surface area contributed by atoms with Crippen molar-refractivity contribution >= 4 is 31.9 Å². The van der Waals surface area contributed by atoms with Crippen LogP contribution in [-0.2, 0) is 6.42 Å². The fraction of sp³-hybridized carbons (Fsp3) is 0.455. The van der Waals surface area contributed by atoms with Crippen LogP contribution >= 0.6 is 31.9 Å². The van der Waals surface area contributed by atoms with E-state index in [4.69, 9.17) is 4.74 Å².